The highest BCUT2D eigenvalue weighted by Crippen LogP contribution is 2.34. The molecule has 1 aliphatic rings. The van der Waals surface area contributed by atoms with E-state index in [2.05, 4.69) is 15.3 Å². The monoisotopic (exact) mass is 475 g/mol. The molecule has 1 aromatic carbocycles. The first kappa shape index (κ1) is 22.8. The molecular weight excluding hydrogens is 453 g/mol. The van der Waals surface area contributed by atoms with Gasteiger partial charge in [0.15, 0.2) is 5.82 Å². The van der Waals surface area contributed by atoms with Crippen molar-refractivity contribution in [2.45, 2.75) is 38.8 Å². The quantitative estimate of drug-likeness (QED) is 0.542. The number of hydrogen-bond acceptors (Lipinski definition) is 6. The number of likely N-dealkylation sites (tertiary alicyclic amines) is 1. The van der Waals surface area contributed by atoms with Gasteiger partial charge in [0.2, 0.25) is 0 Å². The summed E-state index contributed by atoms with van der Waals surface area (Å²) in [6.45, 7) is 4.61. The van der Waals surface area contributed by atoms with E-state index in [0.717, 1.165) is 0 Å². The highest BCUT2D eigenvalue weighted by molar-refractivity contribution is 6.33. The molecule has 2 aromatic heterocycles. The number of halogens is 2. The molecule has 0 saturated carbocycles. The Morgan fingerprint density at radius 2 is 2.00 bits per heavy atom. The summed E-state index contributed by atoms with van der Waals surface area (Å²) in [5.41, 5.74) is 0.858. The Kier molecular flexibility index (Phi) is 6.37. The van der Waals surface area contributed by atoms with E-state index in [-0.39, 0.29) is 40.0 Å². The number of carbonyl (C=O) groups is 2. The number of anilines is 2. The molecule has 2 N–H and O–H groups in total. The highest BCUT2D eigenvalue weighted by atomic mass is 35.5. The van der Waals surface area contributed by atoms with Crippen molar-refractivity contribution < 1.29 is 23.8 Å². The van der Waals surface area contributed by atoms with Crippen molar-refractivity contribution >= 4 is 46.2 Å². The minimum Gasteiger partial charge on any atom is -0.478 e. The summed E-state index contributed by atoms with van der Waals surface area (Å²) in [6.07, 6.45) is 3.46. The Balaban J connectivity index is 1.57. The minimum absolute atomic E-state index is 0.0405. The third kappa shape index (κ3) is 4.70. The van der Waals surface area contributed by atoms with Crippen LogP contribution in [-0.4, -0.2) is 55.8 Å². The van der Waals surface area contributed by atoms with Crippen LogP contribution in [0.4, 0.5) is 20.7 Å². The average Bonchev–Trinajstić information content (AvgIpc) is 3.12. The molecule has 0 spiro atoms. The summed E-state index contributed by atoms with van der Waals surface area (Å²) in [7, 11) is 0. The van der Waals surface area contributed by atoms with Gasteiger partial charge in [0, 0.05) is 25.3 Å². The second-order valence-electron chi connectivity index (χ2n) is 8.08. The van der Waals surface area contributed by atoms with Gasteiger partial charge in [-0.15, -0.1) is 0 Å². The SMILES string of the molecule is CC(C)OC(=O)N1CCC(n2cc(F)c3c(Nc4ccc(C(=O)O)cc4Cl)ncnc32)CC1. The van der Waals surface area contributed by atoms with E-state index in [4.69, 9.17) is 21.4 Å². The van der Waals surface area contributed by atoms with Gasteiger partial charge < -0.3 is 24.6 Å². The van der Waals surface area contributed by atoms with Crippen LogP contribution in [0.1, 0.15) is 43.1 Å². The number of nitrogens with one attached hydrogen (secondary N) is 1. The molecule has 0 aliphatic carbocycles. The fourth-order valence-corrected chi connectivity index (χ4v) is 4.12. The molecule has 1 amide bonds. The number of benzene rings is 1. The summed E-state index contributed by atoms with van der Waals surface area (Å²) >= 11 is 6.20. The van der Waals surface area contributed by atoms with Gasteiger partial charge in [0.05, 0.1) is 27.8 Å². The standard InChI is InChI=1S/C22H23ClFN5O4/c1-12(2)33-22(32)28-7-5-14(6-8-28)29-10-16(24)18-19(25-11-26-20(18)29)27-17-4-3-13(21(30)31)9-15(17)23/h3-4,9-12,14H,5-8H2,1-2H3,(H,30,31)(H,25,26,27). The van der Waals surface area contributed by atoms with Gasteiger partial charge in [0.25, 0.3) is 0 Å². The van der Waals surface area contributed by atoms with Crippen molar-refractivity contribution in [1.82, 2.24) is 19.4 Å². The fraction of sp³-hybridized carbons (Fsp3) is 0.364. The summed E-state index contributed by atoms with van der Waals surface area (Å²) in [4.78, 5) is 33.4. The molecule has 33 heavy (non-hydrogen) atoms. The van der Waals surface area contributed by atoms with Crippen LogP contribution in [-0.2, 0) is 4.74 Å². The molecular formula is C22H23ClFN5O4. The summed E-state index contributed by atoms with van der Waals surface area (Å²) in [6, 6.07) is 4.17. The number of hydrogen-bond donors (Lipinski definition) is 2. The minimum atomic E-state index is -1.10. The van der Waals surface area contributed by atoms with Crippen molar-refractivity contribution in [3.8, 4) is 0 Å². The van der Waals surface area contributed by atoms with Gasteiger partial charge in [-0.05, 0) is 44.9 Å². The maximum absolute atomic E-state index is 15.0. The molecule has 9 nitrogen and oxygen atoms in total. The number of ether oxygens (including phenoxy) is 1. The van der Waals surface area contributed by atoms with E-state index in [1.54, 1.807) is 23.3 Å². The second kappa shape index (κ2) is 9.22. The lowest BCUT2D eigenvalue weighted by molar-refractivity contribution is 0.0660. The van der Waals surface area contributed by atoms with Crippen LogP contribution in [0.25, 0.3) is 11.0 Å². The number of carboxylic acid groups (broad SMARTS) is 1. The maximum Gasteiger partial charge on any atom is 0.410 e. The van der Waals surface area contributed by atoms with E-state index in [1.165, 1.54) is 30.7 Å². The molecule has 4 rings (SSSR count). The van der Waals surface area contributed by atoms with E-state index in [0.29, 0.717) is 37.3 Å². The second-order valence-corrected chi connectivity index (χ2v) is 8.49. The number of aromatic nitrogens is 3. The number of amides is 1. The predicted molar refractivity (Wildman–Crippen MR) is 121 cm³/mol. The lowest BCUT2D eigenvalue weighted by Gasteiger charge is -2.32. The van der Waals surface area contributed by atoms with Crippen molar-refractivity contribution in [3.63, 3.8) is 0 Å². The van der Waals surface area contributed by atoms with Crippen LogP contribution < -0.4 is 5.32 Å². The van der Waals surface area contributed by atoms with E-state index in [1.807, 2.05) is 0 Å². The van der Waals surface area contributed by atoms with Gasteiger partial charge >= 0.3 is 12.1 Å². The molecule has 0 radical (unpaired) electrons. The Labute approximate surface area is 194 Å². The molecule has 3 aromatic rings. The van der Waals surface area contributed by atoms with E-state index in [9.17, 15) is 9.59 Å². The van der Waals surface area contributed by atoms with Crippen LogP contribution in [0.2, 0.25) is 5.02 Å². The van der Waals surface area contributed by atoms with E-state index >= 15 is 4.39 Å². The molecule has 11 heteroatoms. The molecule has 0 unspecified atom stereocenters. The zero-order chi connectivity index (χ0) is 23.7. The molecule has 0 bridgehead atoms. The lowest BCUT2D eigenvalue weighted by atomic mass is 10.1. The summed E-state index contributed by atoms with van der Waals surface area (Å²) < 4.78 is 22.0. The van der Waals surface area contributed by atoms with Crippen LogP contribution in [0, 0.1) is 5.82 Å². The predicted octanol–water partition coefficient (Wildman–Crippen LogP) is 4.85. The van der Waals surface area contributed by atoms with Crippen molar-refractivity contribution in [2.24, 2.45) is 0 Å². The fourth-order valence-electron chi connectivity index (χ4n) is 3.89. The van der Waals surface area contributed by atoms with Gasteiger partial charge in [0.1, 0.15) is 17.8 Å². The molecule has 174 valence electrons. The first-order valence-electron chi connectivity index (χ1n) is 10.5. The van der Waals surface area contributed by atoms with Gasteiger partial charge in [-0.25, -0.2) is 23.9 Å². The summed E-state index contributed by atoms with van der Waals surface area (Å²) in [5, 5.41) is 12.5. The first-order valence-corrected chi connectivity index (χ1v) is 10.9. The Hall–Kier alpha value is -3.40. The van der Waals surface area contributed by atoms with Gasteiger partial charge in [-0.2, -0.15) is 0 Å². The Morgan fingerprint density at radius 1 is 1.27 bits per heavy atom. The topological polar surface area (TPSA) is 110 Å². The number of carbonyl (C=O) groups excluding carboxylic acids is 1. The number of piperidine rings is 1. The normalized spacial score (nSPS) is 14.6. The lowest BCUT2D eigenvalue weighted by Crippen LogP contribution is -2.40. The number of fused-ring (bicyclic) bond motifs is 1. The molecule has 1 fully saturated rings. The highest BCUT2D eigenvalue weighted by Gasteiger charge is 2.28. The Bertz CT molecular complexity index is 1210. The van der Waals surface area contributed by atoms with Gasteiger partial charge in [-0.3, -0.25) is 0 Å². The zero-order valence-corrected chi connectivity index (χ0v) is 18.8. The van der Waals surface area contributed by atoms with Crippen molar-refractivity contribution in [3.05, 3.63) is 47.1 Å². The zero-order valence-electron chi connectivity index (χ0n) is 18.1. The van der Waals surface area contributed by atoms with Crippen LogP contribution >= 0.6 is 11.6 Å². The smallest absolute Gasteiger partial charge is 0.410 e. The third-order valence-electron chi connectivity index (χ3n) is 5.48. The third-order valence-corrected chi connectivity index (χ3v) is 5.80. The molecule has 1 aliphatic heterocycles. The van der Waals surface area contributed by atoms with Crippen LogP contribution in [0.15, 0.2) is 30.7 Å². The Morgan fingerprint density at radius 3 is 2.64 bits per heavy atom. The largest absolute Gasteiger partial charge is 0.478 e. The number of rotatable bonds is 5. The van der Waals surface area contributed by atoms with E-state index < -0.39 is 11.8 Å². The van der Waals surface area contributed by atoms with Gasteiger partial charge in [-0.1, -0.05) is 11.6 Å². The number of nitrogens with zero attached hydrogens (tertiary/aromatic N) is 4. The number of aromatic carboxylic acids is 1. The number of carboxylic acids is 1. The molecule has 3 heterocycles. The van der Waals surface area contributed by atoms with Crippen molar-refractivity contribution in [1.29, 1.82) is 0 Å². The molecule has 0 atom stereocenters. The first-order chi connectivity index (χ1) is 15.7. The molecule has 1 saturated heterocycles. The average molecular weight is 476 g/mol. The maximum atomic E-state index is 15.0. The summed E-state index contributed by atoms with van der Waals surface area (Å²) in [5.74, 6) is -1.37. The van der Waals surface area contributed by atoms with Crippen LogP contribution in [0.5, 0.6) is 0 Å². The van der Waals surface area contributed by atoms with Crippen molar-refractivity contribution in [2.75, 3.05) is 18.4 Å². The van der Waals surface area contributed by atoms with Crippen LogP contribution in [0.3, 0.4) is 0 Å².